The van der Waals surface area contributed by atoms with Crippen LogP contribution in [0.25, 0.3) is 5.69 Å². The average molecular weight is 435 g/mol. The zero-order valence-electron chi connectivity index (χ0n) is 17.4. The number of aliphatic hydroxyl groups is 1. The van der Waals surface area contributed by atoms with E-state index in [1.54, 1.807) is 24.3 Å². The SMILES string of the molecule is Cc1nn(-c2ccc(C#N)c(Cl)c2)c(C)c1Cc1ccc(C(=O)NCC2(O)CC2)cc1. The van der Waals surface area contributed by atoms with E-state index in [9.17, 15) is 9.90 Å². The molecule has 1 heterocycles. The van der Waals surface area contributed by atoms with Gasteiger partial charge in [-0.05, 0) is 62.6 Å². The molecule has 0 spiro atoms. The minimum atomic E-state index is -0.704. The van der Waals surface area contributed by atoms with Gasteiger partial charge in [0.15, 0.2) is 0 Å². The first-order valence-electron chi connectivity index (χ1n) is 10.1. The van der Waals surface area contributed by atoms with E-state index in [0.29, 0.717) is 29.1 Å². The van der Waals surface area contributed by atoms with E-state index in [2.05, 4.69) is 16.5 Å². The highest BCUT2D eigenvalue weighted by atomic mass is 35.5. The van der Waals surface area contributed by atoms with Crippen LogP contribution in [0.5, 0.6) is 0 Å². The minimum Gasteiger partial charge on any atom is -0.388 e. The Morgan fingerprint density at radius 2 is 1.97 bits per heavy atom. The van der Waals surface area contributed by atoms with Crippen LogP contribution in [0.1, 0.15) is 51.3 Å². The number of nitriles is 1. The summed E-state index contributed by atoms with van der Waals surface area (Å²) in [5.41, 5.74) is 5.20. The summed E-state index contributed by atoms with van der Waals surface area (Å²) in [4.78, 5) is 12.3. The molecule has 4 rings (SSSR count). The van der Waals surface area contributed by atoms with Gasteiger partial charge in [0.05, 0.1) is 27.6 Å². The van der Waals surface area contributed by atoms with Gasteiger partial charge in [-0.3, -0.25) is 4.79 Å². The van der Waals surface area contributed by atoms with Gasteiger partial charge < -0.3 is 10.4 Å². The highest BCUT2D eigenvalue weighted by Gasteiger charge is 2.40. The molecule has 1 aliphatic rings. The monoisotopic (exact) mass is 434 g/mol. The molecule has 31 heavy (non-hydrogen) atoms. The third-order valence-electron chi connectivity index (χ3n) is 5.76. The van der Waals surface area contributed by atoms with Crippen LogP contribution in [0.2, 0.25) is 5.02 Å². The maximum Gasteiger partial charge on any atom is 0.251 e. The number of carbonyl (C=O) groups excluding carboxylic acids is 1. The smallest absolute Gasteiger partial charge is 0.251 e. The van der Waals surface area contributed by atoms with Crippen LogP contribution in [0, 0.1) is 25.2 Å². The molecule has 0 radical (unpaired) electrons. The molecule has 1 saturated carbocycles. The van der Waals surface area contributed by atoms with E-state index in [-0.39, 0.29) is 5.91 Å². The van der Waals surface area contributed by atoms with Crippen LogP contribution in [-0.4, -0.2) is 32.9 Å². The van der Waals surface area contributed by atoms with E-state index in [4.69, 9.17) is 16.9 Å². The summed E-state index contributed by atoms with van der Waals surface area (Å²) >= 11 is 6.19. The van der Waals surface area contributed by atoms with Crippen molar-refractivity contribution in [1.82, 2.24) is 15.1 Å². The highest BCUT2D eigenvalue weighted by Crippen LogP contribution is 2.34. The number of aryl methyl sites for hydroxylation is 1. The lowest BCUT2D eigenvalue weighted by molar-refractivity contribution is 0.0896. The number of benzene rings is 2. The van der Waals surface area contributed by atoms with Crippen LogP contribution in [-0.2, 0) is 6.42 Å². The number of amides is 1. The van der Waals surface area contributed by atoms with Gasteiger partial charge in [-0.25, -0.2) is 4.68 Å². The molecular formula is C24H23ClN4O2. The van der Waals surface area contributed by atoms with Gasteiger partial charge in [0.2, 0.25) is 0 Å². The first-order valence-corrected chi connectivity index (χ1v) is 10.5. The van der Waals surface area contributed by atoms with Crippen molar-refractivity contribution in [1.29, 1.82) is 5.26 Å². The fraction of sp³-hybridized carbons (Fsp3) is 0.292. The summed E-state index contributed by atoms with van der Waals surface area (Å²) in [6.07, 6.45) is 2.17. The Labute approximate surface area is 186 Å². The standard InChI is InChI=1S/C24H23ClN4O2/c1-15-21(16(2)29(28-15)20-8-7-19(13-26)22(25)12-20)11-17-3-5-18(6-4-17)23(30)27-14-24(31)9-10-24/h3-8,12,31H,9-11,14H2,1-2H3,(H,27,30). The second-order valence-electron chi connectivity index (χ2n) is 8.12. The number of nitrogens with zero attached hydrogens (tertiary/aromatic N) is 3. The van der Waals surface area contributed by atoms with Crippen molar-refractivity contribution in [3.8, 4) is 11.8 Å². The molecule has 0 bridgehead atoms. The lowest BCUT2D eigenvalue weighted by Crippen LogP contribution is -2.33. The molecule has 6 nitrogen and oxygen atoms in total. The molecule has 3 aromatic rings. The Balaban J connectivity index is 1.50. The Kier molecular flexibility index (Phi) is 5.57. The topological polar surface area (TPSA) is 90.9 Å². The average Bonchev–Trinajstić information content (AvgIpc) is 3.44. The van der Waals surface area contributed by atoms with Crippen LogP contribution in [0.4, 0.5) is 0 Å². The van der Waals surface area contributed by atoms with Gasteiger partial charge in [0.1, 0.15) is 6.07 Å². The summed E-state index contributed by atoms with van der Waals surface area (Å²) < 4.78 is 1.84. The Hall–Kier alpha value is -3.14. The summed E-state index contributed by atoms with van der Waals surface area (Å²) in [5, 5.41) is 26.8. The van der Waals surface area contributed by atoms with Crippen LogP contribution >= 0.6 is 11.6 Å². The zero-order valence-corrected chi connectivity index (χ0v) is 18.2. The van der Waals surface area contributed by atoms with Crippen molar-refractivity contribution in [2.24, 2.45) is 0 Å². The number of halogens is 1. The third kappa shape index (κ3) is 4.48. The van der Waals surface area contributed by atoms with Gasteiger partial charge in [0.25, 0.3) is 5.91 Å². The van der Waals surface area contributed by atoms with Crippen LogP contribution in [0.3, 0.4) is 0 Å². The summed E-state index contributed by atoms with van der Waals surface area (Å²) in [6.45, 7) is 4.27. The van der Waals surface area contributed by atoms with E-state index < -0.39 is 5.60 Å². The van der Waals surface area contributed by atoms with E-state index >= 15 is 0 Å². The second-order valence-corrected chi connectivity index (χ2v) is 8.53. The predicted molar refractivity (Wildman–Crippen MR) is 119 cm³/mol. The fourth-order valence-electron chi connectivity index (χ4n) is 3.55. The van der Waals surface area contributed by atoms with Crippen LogP contribution < -0.4 is 5.32 Å². The molecule has 2 N–H and O–H groups in total. The quantitative estimate of drug-likeness (QED) is 0.616. The molecule has 1 aliphatic carbocycles. The molecule has 0 aliphatic heterocycles. The molecule has 7 heteroatoms. The van der Waals surface area contributed by atoms with E-state index in [1.165, 1.54) is 0 Å². The third-order valence-corrected chi connectivity index (χ3v) is 6.07. The molecule has 1 amide bonds. The summed E-state index contributed by atoms with van der Waals surface area (Å²) in [5.74, 6) is -0.176. The summed E-state index contributed by atoms with van der Waals surface area (Å²) in [6, 6.07) is 14.8. The van der Waals surface area contributed by atoms with Crippen molar-refractivity contribution >= 4 is 17.5 Å². The maximum atomic E-state index is 12.3. The van der Waals surface area contributed by atoms with E-state index in [1.807, 2.05) is 36.7 Å². The maximum absolute atomic E-state index is 12.3. The lowest BCUT2D eigenvalue weighted by Gasteiger charge is -2.10. The van der Waals surface area contributed by atoms with Gasteiger partial charge in [0, 0.05) is 29.8 Å². The summed E-state index contributed by atoms with van der Waals surface area (Å²) in [7, 11) is 0. The molecule has 0 saturated heterocycles. The van der Waals surface area contributed by atoms with Gasteiger partial charge in [-0.1, -0.05) is 23.7 Å². The molecule has 158 valence electrons. The minimum absolute atomic E-state index is 0.176. The Morgan fingerprint density at radius 1 is 1.26 bits per heavy atom. The second kappa shape index (κ2) is 8.18. The van der Waals surface area contributed by atoms with Gasteiger partial charge in [-0.2, -0.15) is 10.4 Å². The fourth-order valence-corrected chi connectivity index (χ4v) is 3.77. The molecular weight excluding hydrogens is 412 g/mol. The molecule has 0 unspecified atom stereocenters. The first kappa shape index (κ1) is 21.1. The highest BCUT2D eigenvalue weighted by molar-refractivity contribution is 6.31. The molecule has 1 aromatic heterocycles. The number of rotatable bonds is 6. The number of nitrogens with one attached hydrogen (secondary N) is 1. The Bertz CT molecular complexity index is 1190. The van der Waals surface area contributed by atoms with Crippen molar-refractivity contribution in [3.63, 3.8) is 0 Å². The molecule has 0 atom stereocenters. The molecule has 1 fully saturated rings. The van der Waals surface area contributed by atoms with Crippen molar-refractivity contribution in [2.45, 2.75) is 38.7 Å². The van der Waals surface area contributed by atoms with Crippen molar-refractivity contribution < 1.29 is 9.90 Å². The van der Waals surface area contributed by atoms with Crippen molar-refractivity contribution in [2.75, 3.05) is 6.54 Å². The lowest BCUT2D eigenvalue weighted by atomic mass is 10.0. The number of carbonyl (C=O) groups is 1. The number of hydrogen-bond donors (Lipinski definition) is 2. The molecule has 2 aromatic carbocycles. The normalized spacial score (nSPS) is 14.2. The van der Waals surface area contributed by atoms with Crippen LogP contribution in [0.15, 0.2) is 42.5 Å². The zero-order chi connectivity index (χ0) is 22.2. The van der Waals surface area contributed by atoms with Crippen molar-refractivity contribution in [3.05, 3.63) is 81.1 Å². The van der Waals surface area contributed by atoms with Gasteiger partial charge >= 0.3 is 0 Å². The largest absolute Gasteiger partial charge is 0.388 e. The Morgan fingerprint density at radius 3 is 2.58 bits per heavy atom. The van der Waals surface area contributed by atoms with Gasteiger partial charge in [-0.15, -0.1) is 0 Å². The number of aromatic nitrogens is 2. The predicted octanol–water partition coefficient (Wildman–Crippen LogP) is 3.86. The first-order chi connectivity index (χ1) is 14.8. The number of hydrogen-bond acceptors (Lipinski definition) is 4. The van der Waals surface area contributed by atoms with E-state index in [0.717, 1.165) is 41.0 Å².